The average Bonchev–Trinajstić information content (AvgIpc) is 2.99. The summed E-state index contributed by atoms with van der Waals surface area (Å²) in [6.45, 7) is 2.04. The highest BCUT2D eigenvalue weighted by molar-refractivity contribution is 8.01. The Labute approximate surface area is 131 Å². The van der Waals surface area contributed by atoms with Gasteiger partial charge in [0.05, 0.1) is 4.75 Å². The van der Waals surface area contributed by atoms with Gasteiger partial charge in [0.2, 0.25) is 5.91 Å². The Bertz CT molecular complexity index is 465. The molecule has 3 nitrogen and oxygen atoms in total. The lowest BCUT2D eigenvalue weighted by Gasteiger charge is -2.31. The van der Waals surface area contributed by atoms with Crippen LogP contribution >= 0.6 is 11.8 Å². The van der Waals surface area contributed by atoms with Crippen molar-refractivity contribution < 1.29 is 4.79 Å². The van der Waals surface area contributed by atoms with Crippen LogP contribution in [0.3, 0.4) is 0 Å². The van der Waals surface area contributed by atoms with E-state index < -0.39 is 0 Å². The Balaban J connectivity index is 1.69. The van der Waals surface area contributed by atoms with Crippen molar-refractivity contribution in [2.24, 2.45) is 0 Å². The van der Waals surface area contributed by atoms with Gasteiger partial charge < -0.3 is 10.6 Å². The number of thioether (sulfide) groups is 1. The highest BCUT2D eigenvalue weighted by atomic mass is 32.2. The van der Waals surface area contributed by atoms with Gasteiger partial charge in [0.25, 0.3) is 0 Å². The van der Waals surface area contributed by atoms with Crippen LogP contribution in [0, 0.1) is 0 Å². The Morgan fingerprint density at radius 3 is 2.48 bits per heavy atom. The van der Waals surface area contributed by atoms with Gasteiger partial charge in [-0.25, -0.2) is 0 Å². The van der Waals surface area contributed by atoms with Gasteiger partial charge in [-0.1, -0.05) is 31.0 Å². The van der Waals surface area contributed by atoms with Crippen LogP contribution in [0.4, 0.5) is 0 Å². The molecule has 1 amide bonds. The highest BCUT2D eigenvalue weighted by Crippen LogP contribution is 2.45. The first-order chi connectivity index (χ1) is 10.3. The van der Waals surface area contributed by atoms with Gasteiger partial charge in [-0.15, -0.1) is 11.8 Å². The Hall–Kier alpha value is -1.00. The lowest BCUT2D eigenvalue weighted by Crippen LogP contribution is -2.49. The molecule has 2 aliphatic rings. The summed E-state index contributed by atoms with van der Waals surface area (Å²) in [6, 6.07) is 10.7. The molecule has 1 aliphatic carbocycles. The van der Waals surface area contributed by atoms with E-state index in [4.69, 9.17) is 0 Å². The molecule has 114 valence electrons. The first-order valence-corrected chi connectivity index (χ1v) is 8.86. The van der Waals surface area contributed by atoms with E-state index in [9.17, 15) is 4.79 Å². The summed E-state index contributed by atoms with van der Waals surface area (Å²) in [4.78, 5) is 14.1. The minimum absolute atomic E-state index is 0.244. The molecule has 3 rings (SSSR count). The average molecular weight is 304 g/mol. The molecule has 1 saturated carbocycles. The molecular weight excluding hydrogens is 280 g/mol. The van der Waals surface area contributed by atoms with E-state index in [1.54, 1.807) is 11.8 Å². The second-order valence-electron chi connectivity index (χ2n) is 6.11. The van der Waals surface area contributed by atoms with Crippen LogP contribution in [0.1, 0.15) is 38.5 Å². The van der Waals surface area contributed by atoms with Crippen molar-refractivity contribution in [2.45, 2.75) is 54.2 Å². The number of benzene rings is 1. The third-order valence-electron chi connectivity index (χ3n) is 4.56. The van der Waals surface area contributed by atoms with E-state index in [2.05, 4.69) is 34.9 Å². The number of piperidine rings is 1. The van der Waals surface area contributed by atoms with E-state index in [1.807, 2.05) is 6.07 Å². The van der Waals surface area contributed by atoms with Crippen LogP contribution < -0.4 is 10.6 Å². The molecule has 1 aliphatic heterocycles. The van der Waals surface area contributed by atoms with E-state index in [0.29, 0.717) is 6.04 Å². The van der Waals surface area contributed by atoms with Gasteiger partial charge >= 0.3 is 0 Å². The summed E-state index contributed by atoms with van der Waals surface area (Å²) < 4.78 is -0.244. The van der Waals surface area contributed by atoms with E-state index in [1.165, 1.54) is 17.7 Å². The Morgan fingerprint density at radius 2 is 1.81 bits per heavy atom. The van der Waals surface area contributed by atoms with Crippen molar-refractivity contribution in [1.29, 1.82) is 0 Å². The molecule has 21 heavy (non-hydrogen) atoms. The number of carbonyl (C=O) groups excluding carboxylic acids is 1. The zero-order valence-electron chi connectivity index (χ0n) is 12.4. The molecule has 4 heteroatoms. The van der Waals surface area contributed by atoms with Gasteiger partial charge in [0.15, 0.2) is 0 Å². The van der Waals surface area contributed by atoms with E-state index >= 15 is 0 Å². The first-order valence-electron chi connectivity index (χ1n) is 8.04. The van der Waals surface area contributed by atoms with Gasteiger partial charge in [-0.05, 0) is 50.9 Å². The van der Waals surface area contributed by atoms with Crippen LogP contribution in [0.25, 0.3) is 0 Å². The summed E-state index contributed by atoms with van der Waals surface area (Å²) in [7, 11) is 0. The number of hydrogen-bond acceptors (Lipinski definition) is 3. The number of amides is 1. The maximum atomic E-state index is 12.9. The van der Waals surface area contributed by atoms with Crippen LogP contribution in [0.2, 0.25) is 0 Å². The molecule has 0 radical (unpaired) electrons. The molecule has 0 atom stereocenters. The maximum Gasteiger partial charge on any atom is 0.236 e. The van der Waals surface area contributed by atoms with Gasteiger partial charge in [-0.3, -0.25) is 4.79 Å². The van der Waals surface area contributed by atoms with Crippen molar-refractivity contribution in [1.82, 2.24) is 10.6 Å². The fourth-order valence-corrected chi connectivity index (χ4v) is 4.71. The fraction of sp³-hybridized carbons (Fsp3) is 0.588. The molecule has 0 unspecified atom stereocenters. The normalized spacial score (nSPS) is 22.1. The fourth-order valence-electron chi connectivity index (χ4n) is 3.32. The van der Waals surface area contributed by atoms with Crippen molar-refractivity contribution in [2.75, 3.05) is 13.1 Å². The lowest BCUT2D eigenvalue weighted by atomic mass is 10.0. The highest BCUT2D eigenvalue weighted by Gasteiger charge is 2.42. The van der Waals surface area contributed by atoms with Gasteiger partial charge in [-0.2, -0.15) is 0 Å². The molecule has 0 bridgehead atoms. The quantitative estimate of drug-likeness (QED) is 0.898. The second-order valence-corrected chi connectivity index (χ2v) is 7.57. The largest absolute Gasteiger partial charge is 0.352 e. The number of hydrogen-bond donors (Lipinski definition) is 2. The Kier molecular flexibility index (Phi) is 4.86. The molecule has 1 aromatic carbocycles. The molecule has 2 N–H and O–H groups in total. The third-order valence-corrected chi connectivity index (χ3v) is 6.05. The topological polar surface area (TPSA) is 41.1 Å². The zero-order chi connectivity index (χ0) is 14.5. The smallest absolute Gasteiger partial charge is 0.236 e. The maximum absolute atomic E-state index is 12.9. The first kappa shape index (κ1) is 14.9. The predicted octanol–water partition coefficient (Wildman–Crippen LogP) is 2.96. The zero-order valence-corrected chi connectivity index (χ0v) is 13.3. The third kappa shape index (κ3) is 3.61. The van der Waals surface area contributed by atoms with Crippen LogP contribution in [0.15, 0.2) is 35.2 Å². The predicted molar refractivity (Wildman–Crippen MR) is 87.5 cm³/mol. The van der Waals surface area contributed by atoms with Crippen molar-refractivity contribution in [3.8, 4) is 0 Å². The molecular formula is C17H24N2OS. The minimum Gasteiger partial charge on any atom is -0.352 e. The van der Waals surface area contributed by atoms with Crippen LogP contribution in [0.5, 0.6) is 0 Å². The summed E-state index contributed by atoms with van der Waals surface area (Å²) in [6.07, 6.45) is 6.45. The van der Waals surface area contributed by atoms with Crippen molar-refractivity contribution >= 4 is 17.7 Å². The van der Waals surface area contributed by atoms with Gasteiger partial charge in [0.1, 0.15) is 0 Å². The van der Waals surface area contributed by atoms with Gasteiger partial charge in [0, 0.05) is 10.9 Å². The summed E-state index contributed by atoms with van der Waals surface area (Å²) in [5.74, 6) is 0.265. The summed E-state index contributed by atoms with van der Waals surface area (Å²) in [5, 5.41) is 6.67. The summed E-state index contributed by atoms with van der Waals surface area (Å²) in [5.41, 5.74) is 0. The molecule has 1 heterocycles. The van der Waals surface area contributed by atoms with Crippen LogP contribution in [-0.2, 0) is 4.79 Å². The number of carbonyl (C=O) groups is 1. The number of nitrogens with one attached hydrogen (secondary N) is 2. The second kappa shape index (κ2) is 6.84. The van der Waals surface area contributed by atoms with Crippen molar-refractivity contribution in [3.63, 3.8) is 0 Å². The molecule has 0 aromatic heterocycles. The number of rotatable bonds is 4. The monoisotopic (exact) mass is 304 g/mol. The minimum atomic E-state index is -0.244. The van der Waals surface area contributed by atoms with Crippen LogP contribution in [-0.4, -0.2) is 29.8 Å². The van der Waals surface area contributed by atoms with Crippen molar-refractivity contribution in [3.05, 3.63) is 30.3 Å². The van der Waals surface area contributed by atoms with E-state index in [-0.39, 0.29) is 10.7 Å². The SMILES string of the molecule is O=C(NC1CCNCC1)C1(Sc2ccccc2)CCCC1. The lowest BCUT2D eigenvalue weighted by molar-refractivity contribution is -0.124. The molecule has 1 aromatic rings. The van der Waals surface area contributed by atoms with E-state index in [0.717, 1.165) is 38.8 Å². The molecule has 0 spiro atoms. The summed E-state index contributed by atoms with van der Waals surface area (Å²) >= 11 is 1.77. The molecule has 2 fully saturated rings. The Morgan fingerprint density at radius 1 is 1.14 bits per heavy atom. The molecule has 1 saturated heterocycles. The standard InChI is InChI=1S/C17H24N2OS/c20-16(19-14-8-12-18-13-9-14)17(10-4-5-11-17)21-15-6-2-1-3-7-15/h1-3,6-7,14,18H,4-5,8-13H2,(H,19,20).